The van der Waals surface area contributed by atoms with Gasteiger partial charge in [0.05, 0.1) is 11.5 Å². The Bertz CT molecular complexity index is 698. The van der Waals surface area contributed by atoms with E-state index < -0.39 is 10.8 Å². The average molecular weight is 286 g/mol. The molecular formula is C15H14N2O4. The minimum atomic E-state index is -0.515. The van der Waals surface area contributed by atoms with Crippen molar-refractivity contribution < 1.29 is 14.8 Å². The zero-order valence-corrected chi connectivity index (χ0v) is 11.4. The second-order valence-electron chi connectivity index (χ2n) is 4.57. The minimum Gasteiger partial charge on any atom is -0.392 e. The molecule has 2 rings (SSSR count). The van der Waals surface area contributed by atoms with Crippen LogP contribution in [0.15, 0.2) is 42.5 Å². The Kier molecular flexibility index (Phi) is 4.30. The molecule has 0 aliphatic carbocycles. The molecular weight excluding hydrogens is 272 g/mol. The fourth-order valence-corrected chi connectivity index (χ4v) is 1.90. The first-order valence-corrected chi connectivity index (χ1v) is 6.27. The summed E-state index contributed by atoms with van der Waals surface area (Å²) in [5, 5.41) is 22.6. The maximum Gasteiger partial charge on any atom is 0.273 e. The van der Waals surface area contributed by atoms with Gasteiger partial charge in [-0.3, -0.25) is 14.9 Å². The number of nitrogens with zero attached hydrogens (tertiary/aromatic N) is 1. The molecule has 0 saturated heterocycles. The van der Waals surface area contributed by atoms with E-state index in [4.69, 9.17) is 5.11 Å². The van der Waals surface area contributed by atoms with Crippen LogP contribution in [0.3, 0.4) is 0 Å². The van der Waals surface area contributed by atoms with E-state index in [0.29, 0.717) is 16.8 Å². The molecule has 0 unspecified atom stereocenters. The van der Waals surface area contributed by atoms with E-state index >= 15 is 0 Å². The standard InChI is InChI=1S/C15H14N2O4/c1-10-5-6-12(8-14(10)17(20)21)15(19)16-13-4-2-3-11(7-13)9-18/h2-8,18H,9H2,1H3,(H,16,19). The Morgan fingerprint density at radius 2 is 2.05 bits per heavy atom. The van der Waals surface area contributed by atoms with Crippen LogP contribution in [0, 0.1) is 17.0 Å². The van der Waals surface area contributed by atoms with Crippen molar-refractivity contribution in [2.45, 2.75) is 13.5 Å². The predicted molar refractivity (Wildman–Crippen MR) is 78.2 cm³/mol. The number of nitrogens with one attached hydrogen (secondary N) is 1. The number of aliphatic hydroxyl groups is 1. The monoisotopic (exact) mass is 286 g/mol. The van der Waals surface area contributed by atoms with Crippen molar-refractivity contribution in [1.29, 1.82) is 0 Å². The largest absolute Gasteiger partial charge is 0.392 e. The van der Waals surface area contributed by atoms with Gasteiger partial charge in [-0.2, -0.15) is 0 Å². The Hall–Kier alpha value is -2.73. The number of anilines is 1. The van der Waals surface area contributed by atoms with Gasteiger partial charge in [0.2, 0.25) is 0 Å². The van der Waals surface area contributed by atoms with Crippen molar-refractivity contribution >= 4 is 17.3 Å². The normalized spacial score (nSPS) is 10.2. The summed E-state index contributed by atoms with van der Waals surface area (Å²) in [6, 6.07) is 11.1. The van der Waals surface area contributed by atoms with Gasteiger partial charge in [0.1, 0.15) is 0 Å². The fraction of sp³-hybridized carbons (Fsp3) is 0.133. The second-order valence-corrected chi connectivity index (χ2v) is 4.57. The molecule has 0 aliphatic heterocycles. The summed E-state index contributed by atoms with van der Waals surface area (Å²) < 4.78 is 0. The van der Waals surface area contributed by atoms with E-state index in [1.807, 2.05) is 0 Å². The molecule has 6 heteroatoms. The molecule has 108 valence electrons. The number of amides is 1. The number of carbonyl (C=O) groups excluding carboxylic acids is 1. The molecule has 0 fully saturated rings. The van der Waals surface area contributed by atoms with Crippen LogP contribution in [-0.2, 0) is 6.61 Å². The van der Waals surface area contributed by atoms with Gasteiger partial charge in [0.15, 0.2) is 0 Å². The third-order valence-corrected chi connectivity index (χ3v) is 3.04. The summed E-state index contributed by atoms with van der Waals surface area (Å²) in [5.74, 6) is -0.437. The Morgan fingerprint density at radius 1 is 1.29 bits per heavy atom. The van der Waals surface area contributed by atoms with Crippen molar-refractivity contribution in [3.05, 3.63) is 69.3 Å². The lowest BCUT2D eigenvalue weighted by molar-refractivity contribution is -0.385. The fourth-order valence-electron chi connectivity index (χ4n) is 1.90. The summed E-state index contributed by atoms with van der Waals surface area (Å²) in [4.78, 5) is 22.5. The molecule has 2 N–H and O–H groups in total. The first kappa shape index (κ1) is 14.7. The van der Waals surface area contributed by atoms with E-state index in [9.17, 15) is 14.9 Å². The Morgan fingerprint density at radius 3 is 2.71 bits per heavy atom. The lowest BCUT2D eigenvalue weighted by Crippen LogP contribution is -2.12. The first-order valence-electron chi connectivity index (χ1n) is 6.27. The summed E-state index contributed by atoms with van der Waals surface area (Å²) in [6.45, 7) is 1.49. The van der Waals surface area contributed by atoms with Gasteiger partial charge in [-0.15, -0.1) is 0 Å². The molecule has 0 aromatic heterocycles. The number of hydrogen-bond donors (Lipinski definition) is 2. The number of nitro groups is 1. The molecule has 0 radical (unpaired) electrons. The Labute approximate surface area is 121 Å². The molecule has 0 aliphatic rings. The zero-order chi connectivity index (χ0) is 15.4. The van der Waals surface area contributed by atoms with Crippen molar-refractivity contribution in [3.63, 3.8) is 0 Å². The molecule has 0 bridgehead atoms. The molecule has 2 aromatic carbocycles. The molecule has 1 amide bonds. The summed E-state index contributed by atoms with van der Waals surface area (Å²) in [6.07, 6.45) is 0. The van der Waals surface area contributed by atoms with E-state index in [1.54, 1.807) is 31.2 Å². The average Bonchev–Trinajstić information content (AvgIpc) is 2.47. The smallest absolute Gasteiger partial charge is 0.273 e. The van der Waals surface area contributed by atoms with Gasteiger partial charge >= 0.3 is 0 Å². The molecule has 0 spiro atoms. The van der Waals surface area contributed by atoms with Gasteiger partial charge in [-0.1, -0.05) is 18.2 Å². The highest BCUT2D eigenvalue weighted by molar-refractivity contribution is 6.04. The van der Waals surface area contributed by atoms with Crippen LogP contribution in [0.4, 0.5) is 11.4 Å². The van der Waals surface area contributed by atoms with Crippen LogP contribution < -0.4 is 5.32 Å². The topological polar surface area (TPSA) is 92.5 Å². The number of benzene rings is 2. The SMILES string of the molecule is Cc1ccc(C(=O)Nc2cccc(CO)c2)cc1[N+](=O)[O-]. The maximum absolute atomic E-state index is 12.1. The quantitative estimate of drug-likeness (QED) is 0.667. The number of rotatable bonds is 4. The zero-order valence-electron chi connectivity index (χ0n) is 11.4. The summed E-state index contributed by atoms with van der Waals surface area (Å²) in [5.41, 5.74) is 1.81. The van der Waals surface area contributed by atoms with Crippen molar-refractivity contribution in [3.8, 4) is 0 Å². The number of carbonyl (C=O) groups is 1. The van der Waals surface area contributed by atoms with E-state index in [-0.39, 0.29) is 17.9 Å². The van der Waals surface area contributed by atoms with Crippen LogP contribution in [0.5, 0.6) is 0 Å². The number of aryl methyl sites for hydroxylation is 1. The third-order valence-electron chi connectivity index (χ3n) is 3.04. The van der Waals surface area contributed by atoms with Gasteiger partial charge in [-0.05, 0) is 30.7 Å². The van der Waals surface area contributed by atoms with E-state index in [0.717, 1.165) is 0 Å². The van der Waals surface area contributed by atoms with Crippen LogP contribution >= 0.6 is 0 Å². The van der Waals surface area contributed by atoms with Crippen molar-refractivity contribution in [2.75, 3.05) is 5.32 Å². The minimum absolute atomic E-state index is 0.0910. The van der Waals surface area contributed by atoms with Crippen LogP contribution in [-0.4, -0.2) is 15.9 Å². The predicted octanol–water partition coefficient (Wildman–Crippen LogP) is 2.65. The second kappa shape index (κ2) is 6.15. The highest BCUT2D eigenvalue weighted by atomic mass is 16.6. The van der Waals surface area contributed by atoms with Crippen molar-refractivity contribution in [1.82, 2.24) is 0 Å². The number of hydrogen-bond acceptors (Lipinski definition) is 4. The van der Waals surface area contributed by atoms with Gasteiger partial charge in [-0.25, -0.2) is 0 Å². The van der Waals surface area contributed by atoms with Crippen LogP contribution in [0.25, 0.3) is 0 Å². The molecule has 2 aromatic rings. The first-order chi connectivity index (χ1) is 10.0. The summed E-state index contributed by atoms with van der Waals surface area (Å²) in [7, 11) is 0. The Balaban J connectivity index is 2.24. The maximum atomic E-state index is 12.1. The molecule has 21 heavy (non-hydrogen) atoms. The molecule has 0 heterocycles. The summed E-state index contributed by atoms with van der Waals surface area (Å²) >= 11 is 0. The molecule has 0 saturated carbocycles. The van der Waals surface area contributed by atoms with Gasteiger partial charge in [0, 0.05) is 22.9 Å². The number of aliphatic hydroxyl groups excluding tert-OH is 1. The van der Waals surface area contributed by atoms with Gasteiger partial charge in [0.25, 0.3) is 11.6 Å². The highest BCUT2D eigenvalue weighted by Gasteiger charge is 2.15. The van der Waals surface area contributed by atoms with E-state index in [2.05, 4.69) is 5.32 Å². The van der Waals surface area contributed by atoms with Gasteiger partial charge < -0.3 is 10.4 Å². The van der Waals surface area contributed by atoms with Crippen LogP contribution in [0.1, 0.15) is 21.5 Å². The molecule has 6 nitrogen and oxygen atoms in total. The number of nitro benzene ring substituents is 1. The van der Waals surface area contributed by atoms with Crippen molar-refractivity contribution in [2.24, 2.45) is 0 Å². The van der Waals surface area contributed by atoms with E-state index in [1.165, 1.54) is 18.2 Å². The lowest BCUT2D eigenvalue weighted by atomic mass is 10.1. The molecule has 0 atom stereocenters. The van der Waals surface area contributed by atoms with Crippen LogP contribution in [0.2, 0.25) is 0 Å². The highest BCUT2D eigenvalue weighted by Crippen LogP contribution is 2.20. The lowest BCUT2D eigenvalue weighted by Gasteiger charge is -2.07. The third kappa shape index (κ3) is 3.43.